The molecule has 2 aliphatic rings. The van der Waals surface area contributed by atoms with Crippen LogP contribution < -0.4 is 10.9 Å². The molecule has 0 atom stereocenters. The summed E-state index contributed by atoms with van der Waals surface area (Å²) in [4.78, 5) is 25.2. The van der Waals surface area contributed by atoms with Crippen LogP contribution in [0.2, 0.25) is 5.02 Å². The Labute approximate surface area is 166 Å². The lowest BCUT2D eigenvalue weighted by Crippen LogP contribution is -2.35. The number of hydrogen-bond donors (Lipinski definition) is 1. The van der Waals surface area contributed by atoms with Crippen LogP contribution in [-0.2, 0) is 11.3 Å². The molecule has 0 saturated carbocycles. The second-order valence-corrected chi connectivity index (χ2v) is 7.28. The number of halogens is 1. The van der Waals surface area contributed by atoms with Gasteiger partial charge in [-0.15, -0.1) is 0 Å². The number of carbonyl (C=O) groups is 1. The second kappa shape index (κ2) is 7.13. The van der Waals surface area contributed by atoms with Crippen molar-refractivity contribution in [3.05, 3.63) is 63.9 Å². The van der Waals surface area contributed by atoms with E-state index in [1.54, 1.807) is 24.3 Å². The number of hydrogen-bond acceptors (Lipinski definition) is 4. The van der Waals surface area contributed by atoms with E-state index in [1.165, 1.54) is 4.68 Å². The molecule has 142 valence electrons. The minimum absolute atomic E-state index is 0.0203. The molecule has 1 N–H and O–H groups in total. The molecule has 0 aliphatic carbocycles. The lowest BCUT2D eigenvalue weighted by molar-refractivity contribution is -0.122. The van der Waals surface area contributed by atoms with E-state index in [2.05, 4.69) is 10.4 Å². The standard InChI is InChI=1S/C21H18ClN3O3/c1-12(2)23-17(26)11-25-21(27)18-19(24-25)15-5-3-4-6-16(15)28-20(18)13-7-9-14(22)10-8-13/h3-10,12H,11H2,1-2H3,(H,23,26). The first-order valence-corrected chi connectivity index (χ1v) is 9.29. The summed E-state index contributed by atoms with van der Waals surface area (Å²) in [6, 6.07) is 14.4. The van der Waals surface area contributed by atoms with Gasteiger partial charge in [0.2, 0.25) is 5.91 Å². The van der Waals surface area contributed by atoms with Crippen LogP contribution in [0.15, 0.2) is 57.7 Å². The Bertz CT molecular complexity index is 1190. The van der Waals surface area contributed by atoms with Gasteiger partial charge in [-0.1, -0.05) is 23.7 Å². The first-order chi connectivity index (χ1) is 13.4. The summed E-state index contributed by atoms with van der Waals surface area (Å²) < 4.78 is 7.25. The number of para-hydroxylation sites is 1. The van der Waals surface area contributed by atoms with Crippen molar-refractivity contribution in [3.63, 3.8) is 0 Å². The van der Waals surface area contributed by atoms with E-state index in [9.17, 15) is 9.59 Å². The highest BCUT2D eigenvalue weighted by atomic mass is 35.5. The Morgan fingerprint density at radius 2 is 1.89 bits per heavy atom. The fourth-order valence-corrected chi connectivity index (χ4v) is 3.29. The Morgan fingerprint density at radius 1 is 1.18 bits per heavy atom. The molecule has 4 rings (SSSR count). The van der Waals surface area contributed by atoms with Crippen molar-refractivity contribution in [2.45, 2.75) is 26.4 Å². The molecule has 0 spiro atoms. The second-order valence-electron chi connectivity index (χ2n) is 6.84. The van der Waals surface area contributed by atoms with Gasteiger partial charge in [0.25, 0.3) is 5.56 Å². The molecule has 7 heteroatoms. The predicted octanol–water partition coefficient (Wildman–Crippen LogP) is 3.94. The first kappa shape index (κ1) is 18.3. The number of amides is 1. The molecule has 2 heterocycles. The zero-order valence-corrected chi connectivity index (χ0v) is 16.2. The maximum atomic E-state index is 13.1. The summed E-state index contributed by atoms with van der Waals surface area (Å²) in [5, 5.41) is 8.53. The van der Waals surface area contributed by atoms with Crippen molar-refractivity contribution < 1.29 is 9.21 Å². The summed E-state index contributed by atoms with van der Waals surface area (Å²) >= 11 is 5.99. The highest BCUT2D eigenvalue weighted by Crippen LogP contribution is 2.36. The third-order valence-electron chi connectivity index (χ3n) is 4.34. The molecule has 0 saturated heterocycles. The Balaban J connectivity index is 1.94. The topological polar surface area (TPSA) is 77.1 Å². The number of carbonyl (C=O) groups excluding carboxylic acids is 1. The van der Waals surface area contributed by atoms with Crippen LogP contribution in [0.1, 0.15) is 13.8 Å². The van der Waals surface area contributed by atoms with Gasteiger partial charge >= 0.3 is 0 Å². The van der Waals surface area contributed by atoms with Crippen molar-refractivity contribution in [3.8, 4) is 22.6 Å². The van der Waals surface area contributed by atoms with Crippen molar-refractivity contribution in [1.29, 1.82) is 0 Å². The van der Waals surface area contributed by atoms with Crippen molar-refractivity contribution in [1.82, 2.24) is 15.1 Å². The predicted molar refractivity (Wildman–Crippen MR) is 109 cm³/mol. The fourth-order valence-electron chi connectivity index (χ4n) is 3.17. The fraction of sp³-hybridized carbons (Fsp3) is 0.190. The van der Waals surface area contributed by atoms with Gasteiger partial charge in [-0.3, -0.25) is 9.59 Å². The van der Waals surface area contributed by atoms with Gasteiger partial charge in [0.1, 0.15) is 29.1 Å². The third-order valence-corrected chi connectivity index (χ3v) is 4.59. The van der Waals surface area contributed by atoms with Crippen LogP contribution in [0.5, 0.6) is 0 Å². The molecule has 0 aromatic heterocycles. The van der Waals surface area contributed by atoms with Crippen molar-refractivity contribution in [2.75, 3.05) is 0 Å². The molecule has 0 radical (unpaired) electrons. The summed E-state index contributed by atoms with van der Waals surface area (Å²) in [6.45, 7) is 3.57. The number of nitrogens with zero attached hydrogens (tertiary/aromatic N) is 2. The average molecular weight is 396 g/mol. The minimum atomic E-state index is -0.367. The number of rotatable bonds is 4. The lowest BCUT2D eigenvalue weighted by Gasteiger charge is -2.08. The van der Waals surface area contributed by atoms with Crippen LogP contribution in [0.3, 0.4) is 0 Å². The van der Waals surface area contributed by atoms with Gasteiger partial charge in [0, 0.05) is 22.0 Å². The lowest BCUT2D eigenvalue weighted by atomic mass is 10.0. The molecule has 0 unspecified atom stereocenters. The SMILES string of the molecule is CC(C)NC(=O)Cn1nc2c3ccccc3oc(-c3ccc(Cl)cc3)c-2c1=O. The van der Waals surface area contributed by atoms with Gasteiger partial charge in [-0.25, -0.2) is 4.68 Å². The molecule has 2 aromatic carbocycles. The number of fused-ring (bicyclic) bond motifs is 3. The molecule has 6 nitrogen and oxygen atoms in total. The molecule has 2 aromatic rings. The minimum Gasteiger partial charge on any atom is -0.455 e. The van der Waals surface area contributed by atoms with Crippen LogP contribution in [0.4, 0.5) is 0 Å². The van der Waals surface area contributed by atoms with E-state index >= 15 is 0 Å². The number of aromatic nitrogens is 2. The Kier molecular flexibility index (Phi) is 4.65. The maximum absolute atomic E-state index is 13.1. The highest BCUT2D eigenvalue weighted by molar-refractivity contribution is 6.30. The molecule has 0 bridgehead atoms. The first-order valence-electron chi connectivity index (χ1n) is 8.91. The highest BCUT2D eigenvalue weighted by Gasteiger charge is 2.26. The van der Waals surface area contributed by atoms with E-state index < -0.39 is 0 Å². The van der Waals surface area contributed by atoms with Crippen LogP contribution in [0, 0.1) is 0 Å². The monoisotopic (exact) mass is 395 g/mol. The van der Waals surface area contributed by atoms with E-state index in [-0.39, 0.29) is 24.1 Å². The molecule has 28 heavy (non-hydrogen) atoms. The van der Waals surface area contributed by atoms with Crippen molar-refractivity contribution in [2.24, 2.45) is 0 Å². The van der Waals surface area contributed by atoms with Crippen LogP contribution in [0.25, 0.3) is 33.6 Å². The zero-order chi connectivity index (χ0) is 19.8. The molecular formula is C21H18ClN3O3. The van der Waals surface area contributed by atoms with Gasteiger partial charge < -0.3 is 9.73 Å². The molecule has 2 aliphatic heterocycles. The zero-order valence-electron chi connectivity index (χ0n) is 15.4. The van der Waals surface area contributed by atoms with E-state index in [4.69, 9.17) is 16.0 Å². The smallest absolute Gasteiger partial charge is 0.280 e. The third kappa shape index (κ3) is 3.27. The normalized spacial score (nSPS) is 11.4. The summed E-state index contributed by atoms with van der Waals surface area (Å²) in [5.74, 6) is 0.139. The number of nitrogens with one attached hydrogen (secondary N) is 1. The largest absolute Gasteiger partial charge is 0.455 e. The van der Waals surface area contributed by atoms with Crippen LogP contribution in [-0.4, -0.2) is 21.7 Å². The van der Waals surface area contributed by atoms with Crippen LogP contribution >= 0.6 is 11.6 Å². The summed E-state index contributed by atoms with van der Waals surface area (Å²) in [7, 11) is 0. The van der Waals surface area contributed by atoms with Gasteiger partial charge in [-0.05, 0) is 50.2 Å². The Morgan fingerprint density at radius 3 is 2.61 bits per heavy atom. The van der Waals surface area contributed by atoms with E-state index in [1.807, 2.05) is 38.1 Å². The van der Waals surface area contributed by atoms with Gasteiger partial charge in [0.15, 0.2) is 0 Å². The van der Waals surface area contributed by atoms with Gasteiger partial charge in [0.05, 0.1) is 0 Å². The molecule has 0 fully saturated rings. The summed E-state index contributed by atoms with van der Waals surface area (Å²) in [5.41, 5.74) is 1.81. The quantitative estimate of drug-likeness (QED) is 0.567. The molecular weight excluding hydrogens is 378 g/mol. The van der Waals surface area contributed by atoms with E-state index in [0.717, 1.165) is 5.39 Å². The summed E-state index contributed by atoms with van der Waals surface area (Å²) in [6.07, 6.45) is 0. The van der Waals surface area contributed by atoms with E-state index in [0.29, 0.717) is 33.2 Å². The van der Waals surface area contributed by atoms with Crippen molar-refractivity contribution >= 4 is 28.5 Å². The molecule has 1 amide bonds. The maximum Gasteiger partial charge on any atom is 0.280 e. The Hall–Kier alpha value is -3.12. The van der Waals surface area contributed by atoms with Gasteiger partial charge in [-0.2, -0.15) is 5.10 Å². The number of benzene rings is 2. The average Bonchev–Trinajstić information content (AvgIpc) is 2.98.